The fourth-order valence-corrected chi connectivity index (χ4v) is 1.72. The number of hydrogen-bond acceptors (Lipinski definition) is 3. The smallest absolute Gasteiger partial charge is 0.129 e. The van der Waals surface area contributed by atoms with E-state index in [0.29, 0.717) is 11.2 Å². The monoisotopic (exact) mass is 250 g/mol. The van der Waals surface area contributed by atoms with Crippen LogP contribution in [0, 0.1) is 0 Å². The van der Waals surface area contributed by atoms with Crippen LogP contribution >= 0.6 is 11.6 Å². The first kappa shape index (κ1) is 11.9. The van der Waals surface area contributed by atoms with Gasteiger partial charge in [-0.3, -0.25) is 0 Å². The first-order valence-corrected chi connectivity index (χ1v) is 5.90. The summed E-state index contributed by atoms with van der Waals surface area (Å²) < 4.78 is 2.14. The molecular weight excluding hydrogens is 236 g/mol. The lowest BCUT2D eigenvalue weighted by Gasteiger charge is -2.12. The van der Waals surface area contributed by atoms with E-state index in [1.165, 1.54) is 0 Å². The zero-order chi connectivity index (χ0) is 12.3. The Kier molecular flexibility index (Phi) is 3.64. The standard InChI is InChI=1S/C12H15ClN4/c1-9(2)17-8-14-6-11(17)7-15-10-3-4-12(13)16-5-10/h3-6,8-9,15H,7H2,1-2H3. The highest BCUT2D eigenvalue weighted by molar-refractivity contribution is 6.29. The second-order valence-electron chi connectivity index (χ2n) is 4.11. The SMILES string of the molecule is CC(C)n1cncc1CNc1ccc(Cl)nc1. The van der Waals surface area contributed by atoms with Crippen molar-refractivity contribution in [1.29, 1.82) is 0 Å². The largest absolute Gasteiger partial charge is 0.378 e. The molecule has 2 rings (SSSR count). The fraction of sp³-hybridized carbons (Fsp3) is 0.333. The molecule has 1 N–H and O–H groups in total. The van der Waals surface area contributed by atoms with Crippen molar-refractivity contribution in [2.45, 2.75) is 26.4 Å². The number of aromatic nitrogens is 3. The van der Waals surface area contributed by atoms with Crippen molar-refractivity contribution < 1.29 is 0 Å². The van der Waals surface area contributed by atoms with Crippen molar-refractivity contribution in [3.05, 3.63) is 41.7 Å². The molecule has 0 atom stereocenters. The van der Waals surface area contributed by atoms with Crippen LogP contribution in [0.1, 0.15) is 25.6 Å². The molecule has 0 aliphatic carbocycles. The third-order valence-corrected chi connectivity index (χ3v) is 2.73. The molecule has 2 aromatic rings. The Labute approximate surface area is 106 Å². The maximum Gasteiger partial charge on any atom is 0.129 e. The number of halogens is 1. The highest BCUT2D eigenvalue weighted by atomic mass is 35.5. The molecule has 0 bridgehead atoms. The van der Waals surface area contributed by atoms with Crippen LogP contribution in [-0.4, -0.2) is 14.5 Å². The number of hydrogen-bond donors (Lipinski definition) is 1. The first-order chi connectivity index (χ1) is 8.16. The number of imidazole rings is 1. The van der Waals surface area contributed by atoms with Gasteiger partial charge in [0.1, 0.15) is 5.15 Å². The summed E-state index contributed by atoms with van der Waals surface area (Å²) in [5.74, 6) is 0. The second kappa shape index (κ2) is 5.19. The lowest BCUT2D eigenvalue weighted by atomic mass is 10.3. The van der Waals surface area contributed by atoms with Gasteiger partial charge < -0.3 is 9.88 Å². The summed E-state index contributed by atoms with van der Waals surface area (Å²) in [7, 11) is 0. The Balaban J connectivity index is 2.02. The van der Waals surface area contributed by atoms with Crippen LogP contribution in [-0.2, 0) is 6.54 Å². The Morgan fingerprint density at radius 3 is 2.82 bits per heavy atom. The molecule has 0 fully saturated rings. The van der Waals surface area contributed by atoms with Gasteiger partial charge in [0.05, 0.1) is 30.5 Å². The van der Waals surface area contributed by atoms with Crippen LogP contribution in [0.15, 0.2) is 30.9 Å². The minimum atomic E-state index is 0.414. The summed E-state index contributed by atoms with van der Waals surface area (Å²) in [6.07, 6.45) is 5.44. The average Bonchev–Trinajstić information content (AvgIpc) is 2.76. The predicted octanol–water partition coefficient (Wildman–Crippen LogP) is 3.12. The van der Waals surface area contributed by atoms with Gasteiger partial charge in [0, 0.05) is 12.2 Å². The van der Waals surface area contributed by atoms with Crippen LogP contribution in [0.2, 0.25) is 5.15 Å². The number of nitrogens with one attached hydrogen (secondary N) is 1. The van der Waals surface area contributed by atoms with Crippen LogP contribution in [0.25, 0.3) is 0 Å². The lowest BCUT2D eigenvalue weighted by Crippen LogP contribution is -2.08. The van der Waals surface area contributed by atoms with E-state index in [-0.39, 0.29) is 0 Å². The van der Waals surface area contributed by atoms with Gasteiger partial charge in [-0.2, -0.15) is 0 Å². The summed E-state index contributed by atoms with van der Waals surface area (Å²) in [6.45, 7) is 4.99. The normalized spacial score (nSPS) is 10.8. The predicted molar refractivity (Wildman–Crippen MR) is 69.2 cm³/mol. The average molecular weight is 251 g/mol. The van der Waals surface area contributed by atoms with E-state index in [1.807, 2.05) is 18.6 Å². The van der Waals surface area contributed by atoms with Gasteiger partial charge in [0.15, 0.2) is 0 Å². The molecule has 0 aliphatic heterocycles. The summed E-state index contributed by atoms with van der Waals surface area (Å²) in [4.78, 5) is 8.17. The van der Waals surface area contributed by atoms with Crippen LogP contribution < -0.4 is 5.32 Å². The van der Waals surface area contributed by atoms with Crippen LogP contribution in [0.4, 0.5) is 5.69 Å². The minimum absolute atomic E-state index is 0.414. The number of rotatable bonds is 4. The molecule has 0 saturated heterocycles. The molecule has 0 spiro atoms. The summed E-state index contributed by atoms with van der Waals surface area (Å²) in [5, 5.41) is 3.79. The molecule has 0 amide bonds. The zero-order valence-corrected chi connectivity index (χ0v) is 10.6. The van der Waals surface area contributed by atoms with E-state index in [4.69, 9.17) is 11.6 Å². The molecule has 0 aromatic carbocycles. The number of nitrogens with zero attached hydrogens (tertiary/aromatic N) is 3. The van der Waals surface area contributed by atoms with Gasteiger partial charge >= 0.3 is 0 Å². The van der Waals surface area contributed by atoms with E-state index in [0.717, 1.165) is 17.9 Å². The molecule has 0 unspecified atom stereocenters. The summed E-state index contributed by atoms with van der Waals surface area (Å²) in [6, 6.07) is 4.09. The number of anilines is 1. The third kappa shape index (κ3) is 2.97. The number of pyridine rings is 1. The Morgan fingerprint density at radius 1 is 1.35 bits per heavy atom. The molecule has 2 heterocycles. The van der Waals surface area contributed by atoms with E-state index in [2.05, 4.69) is 33.7 Å². The molecule has 0 saturated carbocycles. The quantitative estimate of drug-likeness (QED) is 0.848. The maximum absolute atomic E-state index is 5.73. The molecule has 5 heteroatoms. The molecule has 0 aliphatic rings. The van der Waals surface area contributed by atoms with Crippen LogP contribution in [0.3, 0.4) is 0 Å². The Hall–Kier alpha value is -1.55. The highest BCUT2D eigenvalue weighted by Crippen LogP contribution is 2.13. The second-order valence-corrected chi connectivity index (χ2v) is 4.50. The van der Waals surface area contributed by atoms with Crippen LogP contribution in [0.5, 0.6) is 0 Å². The van der Waals surface area contributed by atoms with Gasteiger partial charge in [0.2, 0.25) is 0 Å². The first-order valence-electron chi connectivity index (χ1n) is 5.53. The molecule has 90 valence electrons. The maximum atomic E-state index is 5.73. The van der Waals surface area contributed by atoms with Crippen molar-refractivity contribution in [1.82, 2.24) is 14.5 Å². The summed E-state index contributed by atoms with van der Waals surface area (Å²) >= 11 is 5.73. The van der Waals surface area contributed by atoms with Crippen molar-refractivity contribution in [2.24, 2.45) is 0 Å². The minimum Gasteiger partial charge on any atom is -0.378 e. The van der Waals surface area contributed by atoms with E-state index >= 15 is 0 Å². The highest BCUT2D eigenvalue weighted by Gasteiger charge is 2.04. The van der Waals surface area contributed by atoms with E-state index in [9.17, 15) is 0 Å². The third-order valence-electron chi connectivity index (χ3n) is 2.50. The van der Waals surface area contributed by atoms with E-state index < -0.39 is 0 Å². The Morgan fingerprint density at radius 2 is 2.18 bits per heavy atom. The zero-order valence-electron chi connectivity index (χ0n) is 9.89. The van der Waals surface area contributed by atoms with Gasteiger partial charge in [-0.15, -0.1) is 0 Å². The molecule has 17 heavy (non-hydrogen) atoms. The topological polar surface area (TPSA) is 42.7 Å². The Bertz CT molecular complexity index is 476. The van der Waals surface area contributed by atoms with Crippen molar-refractivity contribution >= 4 is 17.3 Å². The van der Waals surface area contributed by atoms with Gasteiger partial charge in [-0.25, -0.2) is 9.97 Å². The summed E-state index contributed by atoms with van der Waals surface area (Å²) in [5.41, 5.74) is 2.10. The molecule has 2 aromatic heterocycles. The van der Waals surface area contributed by atoms with E-state index in [1.54, 1.807) is 12.3 Å². The van der Waals surface area contributed by atoms with Gasteiger partial charge in [-0.05, 0) is 26.0 Å². The van der Waals surface area contributed by atoms with Crippen molar-refractivity contribution in [3.8, 4) is 0 Å². The molecular formula is C12H15ClN4. The van der Waals surface area contributed by atoms with Crippen molar-refractivity contribution in [2.75, 3.05) is 5.32 Å². The molecule has 0 radical (unpaired) electrons. The lowest BCUT2D eigenvalue weighted by molar-refractivity contribution is 0.577. The van der Waals surface area contributed by atoms with Gasteiger partial charge in [0.25, 0.3) is 0 Å². The van der Waals surface area contributed by atoms with Gasteiger partial charge in [-0.1, -0.05) is 11.6 Å². The fourth-order valence-electron chi connectivity index (χ4n) is 1.61. The molecule has 4 nitrogen and oxygen atoms in total. The van der Waals surface area contributed by atoms with Crippen molar-refractivity contribution in [3.63, 3.8) is 0 Å².